The zero-order valence-electron chi connectivity index (χ0n) is 12.1. The van der Waals surface area contributed by atoms with E-state index in [-0.39, 0.29) is 0 Å². The topological polar surface area (TPSA) is 49.3 Å². The SMILES string of the molecule is O=C(O)c1ccc(CNCCC2CCCCCC2)cc1. The summed E-state index contributed by atoms with van der Waals surface area (Å²) in [6.45, 7) is 1.89. The summed E-state index contributed by atoms with van der Waals surface area (Å²) in [7, 11) is 0. The first kappa shape index (κ1) is 15.0. The summed E-state index contributed by atoms with van der Waals surface area (Å²) < 4.78 is 0. The number of carboxylic acids is 1. The molecule has 1 fully saturated rings. The second-order valence-corrected chi connectivity index (χ2v) is 5.83. The van der Waals surface area contributed by atoms with Crippen LogP contribution in [-0.2, 0) is 6.54 Å². The van der Waals surface area contributed by atoms with Crippen LogP contribution in [0.5, 0.6) is 0 Å². The number of rotatable bonds is 6. The van der Waals surface area contributed by atoms with Gasteiger partial charge >= 0.3 is 5.97 Å². The molecule has 20 heavy (non-hydrogen) atoms. The van der Waals surface area contributed by atoms with Crippen molar-refractivity contribution in [1.29, 1.82) is 0 Å². The smallest absolute Gasteiger partial charge is 0.335 e. The zero-order valence-corrected chi connectivity index (χ0v) is 12.1. The van der Waals surface area contributed by atoms with Gasteiger partial charge in [0, 0.05) is 6.54 Å². The standard InChI is InChI=1S/C17H25NO2/c19-17(20)16-9-7-15(8-10-16)13-18-12-11-14-5-3-1-2-4-6-14/h7-10,14,18H,1-6,11-13H2,(H,19,20). The molecule has 1 saturated carbocycles. The van der Waals surface area contributed by atoms with Gasteiger partial charge in [-0.3, -0.25) is 0 Å². The Hall–Kier alpha value is -1.35. The van der Waals surface area contributed by atoms with Gasteiger partial charge in [0.25, 0.3) is 0 Å². The molecular formula is C17H25NO2. The van der Waals surface area contributed by atoms with Crippen LogP contribution in [0, 0.1) is 5.92 Å². The summed E-state index contributed by atoms with van der Waals surface area (Å²) in [6, 6.07) is 7.12. The van der Waals surface area contributed by atoms with E-state index in [0.717, 1.165) is 24.6 Å². The van der Waals surface area contributed by atoms with Crippen LogP contribution < -0.4 is 5.32 Å². The van der Waals surface area contributed by atoms with Crippen LogP contribution >= 0.6 is 0 Å². The molecule has 3 heteroatoms. The zero-order chi connectivity index (χ0) is 14.2. The molecule has 0 amide bonds. The lowest BCUT2D eigenvalue weighted by Crippen LogP contribution is -2.17. The third-order valence-electron chi connectivity index (χ3n) is 4.23. The van der Waals surface area contributed by atoms with Crippen molar-refractivity contribution in [1.82, 2.24) is 5.32 Å². The number of hydrogen-bond donors (Lipinski definition) is 2. The molecule has 0 radical (unpaired) electrons. The largest absolute Gasteiger partial charge is 0.478 e. The van der Waals surface area contributed by atoms with E-state index in [2.05, 4.69) is 5.32 Å². The Labute approximate surface area is 121 Å². The lowest BCUT2D eigenvalue weighted by Gasteiger charge is -2.14. The van der Waals surface area contributed by atoms with E-state index in [0.29, 0.717) is 5.56 Å². The molecule has 0 heterocycles. The predicted molar refractivity (Wildman–Crippen MR) is 80.9 cm³/mol. The highest BCUT2D eigenvalue weighted by Crippen LogP contribution is 2.24. The number of hydrogen-bond acceptors (Lipinski definition) is 2. The van der Waals surface area contributed by atoms with Crippen LogP contribution in [0.1, 0.15) is 60.9 Å². The minimum atomic E-state index is -0.863. The Kier molecular flexibility index (Phi) is 6.06. The van der Waals surface area contributed by atoms with Crippen molar-refractivity contribution in [2.75, 3.05) is 6.54 Å². The van der Waals surface area contributed by atoms with Crippen molar-refractivity contribution < 1.29 is 9.90 Å². The van der Waals surface area contributed by atoms with Gasteiger partial charge in [-0.05, 0) is 36.6 Å². The van der Waals surface area contributed by atoms with Gasteiger partial charge in [0.05, 0.1) is 5.56 Å². The number of aromatic carboxylic acids is 1. The van der Waals surface area contributed by atoms with Crippen molar-refractivity contribution in [2.24, 2.45) is 5.92 Å². The summed E-state index contributed by atoms with van der Waals surface area (Å²) in [6.07, 6.45) is 9.71. The minimum Gasteiger partial charge on any atom is -0.478 e. The fourth-order valence-electron chi connectivity index (χ4n) is 2.96. The Bertz CT molecular complexity index is 406. The lowest BCUT2D eigenvalue weighted by molar-refractivity contribution is 0.0697. The second kappa shape index (κ2) is 8.05. The first-order valence-electron chi connectivity index (χ1n) is 7.78. The van der Waals surface area contributed by atoms with E-state index in [1.807, 2.05) is 12.1 Å². The maximum absolute atomic E-state index is 10.8. The van der Waals surface area contributed by atoms with Gasteiger partial charge in [0.1, 0.15) is 0 Å². The molecule has 1 aliphatic rings. The third-order valence-corrected chi connectivity index (χ3v) is 4.23. The Balaban J connectivity index is 1.66. The number of carbonyl (C=O) groups is 1. The van der Waals surface area contributed by atoms with E-state index < -0.39 is 5.97 Å². The van der Waals surface area contributed by atoms with Gasteiger partial charge in [-0.2, -0.15) is 0 Å². The van der Waals surface area contributed by atoms with Crippen LogP contribution in [0.4, 0.5) is 0 Å². The van der Waals surface area contributed by atoms with Gasteiger partial charge in [0.15, 0.2) is 0 Å². The average Bonchev–Trinajstić information content (AvgIpc) is 2.73. The van der Waals surface area contributed by atoms with Gasteiger partial charge in [-0.15, -0.1) is 0 Å². The molecule has 0 aromatic heterocycles. The molecule has 2 rings (SSSR count). The molecule has 2 N–H and O–H groups in total. The molecule has 0 bridgehead atoms. The monoisotopic (exact) mass is 275 g/mol. The van der Waals surface area contributed by atoms with E-state index in [4.69, 9.17) is 5.11 Å². The van der Waals surface area contributed by atoms with E-state index in [1.54, 1.807) is 12.1 Å². The number of carboxylic acid groups (broad SMARTS) is 1. The average molecular weight is 275 g/mol. The van der Waals surface area contributed by atoms with Crippen LogP contribution in [0.2, 0.25) is 0 Å². The quantitative estimate of drug-likeness (QED) is 0.612. The van der Waals surface area contributed by atoms with Gasteiger partial charge in [-0.25, -0.2) is 4.79 Å². The molecule has 0 aliphatic heterocycles. The molecule has 0 spiro atoms. The summed E-state index contributed by atoms with van der Waals surface area (Å²) in [5.41, 5.74) is 1.50. The van der Waals surface area contributed by atoms with Gasteiger partial charge in [-0.1, -0.05) is 50.7 Å². The van der Waals surface area contributed by atoms with E-state index in [1.165, 1.54) is 44.9 Å². The normalized spacial score (nSPS) is 16.8. The van der Waals surface area contributed by atoms with Crippen molar-refractivity contribution in [3.63, 3.8) is 0 Å². The van der Waals surface area contributed by atoms with Crippen LogP contribution in [0.25, 0.3) is 0 Å². The molecule has 1 aromatic carbocycles. The highest BCUT2D eigenvalue weighted by molar-refractivity contribution is 5.87. The third kappa shape index (κ3) is 4.97. The molecular weight excluding hydrogens is 250 g/mol. The predicted octanol–water partition coefficient (Wildman–Crippen LogP) is 3.83. The summed E-state index contributed by atoms with van der Waals surface area (Å²) in [5, 5.41) is 12.3. The highest BCUT2D eigenvalue weighted by Gasteiger charge is 2.11. The molecule has 0 unspecified atom stereocenters. The van der Waals surface area contributed by atoms with Crippen molar-refractivity contribution in [3.05, 3.63) is 35.4 Å². The molecule has 0 atom stereocenters. The Morgan fingerprint density at radius 1 is 1.10 bits per heavy atom. The lowest BCUT2D eigenvalue weighted by atomic mass is 9.97. The van der Waals surface area contributed by atoms with Crippen molar-refractivity contribution >= 4 is 5.97 Å². The van der Waals surface area contributed by atoms with E-state index in [9.17, 15) is 4.79 Å². The second-order valence-electron chi connectivity index (χ2n) is 5.83. The number of benzene rings is 1. The summed E-state index contributed by atoms with van der Waals surface area (Å²) in [5.74, 6) is 0.0391. The summed E-state index contributed by atoms with van der Waals surface area (Å²) >= 11 is 0. The maximum Gasteiger partial charge on any atom is 0.335 e. The fraction of sp³-hybridized carbons (Fsp3) is 0.588. The van der Waals surface area contributed by atoms with E-state index >= 15 is 0 Å². The minimum absolute atomic E-state index is 0.354. The first-order valence-corrected chi connectivity index (χ1v) is 7.78. The van der Waals surface area contributed by atoms with Crippen LogP contribution in [0.15, 0.2) is 24.3 Å². The molecule has 1 aromatic rings. The Morgan fingerprint density at radius 3 is 2.35 bits per heavy atom. The highest BCUT2D eigenvalue weighted by atomic mass is 16.4. The van der Waals surface area contributed by atoms with Crippen molar-refractivity contribution in [2.45, 2.75) is 51.5 Å². The van der Waals surface area contributed by atoms with Crippen LogP contribution in [-0.4, -0.2) is 17.6 Å². The maximum atomic E-state index is 10.8. The first-order chi connectivity index (χ1) is 9.75. The number of nitrogens with one attached hydrogen (secondary N) is 1. The fourth-order valence-corrected chi connectivity index (χ4v) is 2.96. The molecule has 110 valence electrons. The molecule has 0 saturated heterocycles. The van der Waals surface area contributed by atoms with Crippen molar-refractivity contribution in [3.8, 4) is 0 Å². The Morgan fingerprint density at radius 2 is 1.75 bits per heavy atom. The van der Waals surface area contributed by atoms with Gasteiger partial charge in [0.2, 0.25) is 0 Å². The molecule has 1 aliphatic carbocycles. The molecule has 3 nitrogen and oxygen atoms in total. The summed E-state index contributed by atoms with van der Waals surface area (Å²) in [4.78, 5) is 10.8. The van der Waals surface area contributed by atoms with Gasteiger partial charge < -0.3 is 10.4 Å². The van der Waals surface area contributed by atoms with Crippen LogP contribution in [0.3, 0.4) is 0 Å².